The number of hydrogen-bond donors (Lipinski definition) is 0. The summed E-state index contributed by atoms with van der Waals surface area (Å²) in [6.07, 6.45) is 3.75. The molecule has 9 nitrogen and oxygen atoms in total. The van der Waals surface area contributed by atoms with Crippen molar-refractivity contribution in [3.05, 3.63) is 42.2 Å². The molecule has 162 valence electrons. The first-order chi connectivity index (χ1) is 14.5. The number of amides is 1. The number of ether oxygens (including phenoxy) is 1. The van der Waals surface area contributed by atoms with Crippen LogP contribution >= 0.6 is 0 Å². The van der Waals surface area contributed by atoms with E-state index in [9.17, 15) is 13.2 Å². The lowest BCUT2D eigenvalue weighted by atomic mass is 10.2. The number of aryl methyl sites for hydroxylation is 1. The van der Waals surface area contributed by atoms with E-state index in [0.717, 1.165) is 12.5 Å². The molecule has 0 atom stereocenters. The third-order valence-corrected chi connectivity index (χ3v) is 7.51. The van der Waals surface area contributed by atoms with Crippen LogP contribution in [0.2, 0.25) is 0 Å². The number of morpholine rings is 1. The van der Waals surface area contributed by atoms with E-state index in [1.54, 1.807) is 23.2 Å². The first-order valence-electron chi connectivity index (χ1n) is 10.2. The maximum atomic E-state index is 12.9. The maximum absolute atomic E-state index is 12.9. The van der Waals surface area contributed by atoms with Gasteiger partial charge >= 0.3 is 0 Å². The molecular weight excluding hydrogens is 406 g/mol. The summed E-state index contributed by atoms with van der Waals surface area (Å²) >= 11 is 0. The fourth-order valence-electron chi connectivity index (χ4n) is 3.83. The fourth-order valence-corrected chi connectivity index (χ4v) is 5.24. The van der Waals surface area contributed by atoms with Crippen molar-refractivity contribution in [1.82, 2.24) is 18.8 Å². The Bertz CT molecular complexity index is 975. The highest BCUT2D eigenvalue weighted by Crippen LogP contribution is 2.20. The van der Waals surface area contributed by atoms with Crippen LogP contribution in [-0.2, 0) is 21.3 Å². The summed E-state index contributed by atoms with van der Waals surface area (Å²) in [5.74, 6) is 0.853. The molecule has 2 aliphatic rings. The summed E-state index contributed by atoms with van der Waals surface area (Å²) in [5.41, 5.74) is 0.499. The van der Waals surface area contributed by atoms with Crippen LogP contribution in [-0.4, -0.2) is 85.6 Å². The summed E-state index contributed by atoms with van der Waals surface area (Å²) in [5, 5.41) is 0. The SMILES string of the molecule is CCn1ccnc1N1CCN(C(=O)c2ccc(S(=O)(=O)N3CCOCC3)cc2)CC1. The van der Waals surface area contributed by atoms with Crippen molar-refractivity contribution < 1.29 is 17.9 Å². The minimum atomic E-state index is -3.56. The molecule has 0 radical (unpaired) electrons. The molecule has 30 heavy (non-hydrogen) atoms. The molecule has 2 aliphatic heterocycles. The molecule has 3 heterocycles. The predicted octanol–water partition coefficient (Wildman–Crippen LogP) is 0.886. The molecule has 2 saturated heterocycles. The second-order valence-electron chi connectivity index (χ2n) is 7.33. The zero-order valence-electron chi connectivity index (χ0n) is 17.1. The lowest BCUT2D eigenvalue weighted by Gasteiger charge is -2.35. The smallest absolute Gasteiger partial charge is 0.253 e. The van der Waals surface area contributed by atoms with Crippen molar-refractivity contribution in [2.45, 2.75) is 18.4 Å². The van der Waals surface area contributed by atoms with Crippen LogP contribution in [0.3, 0.4) is 0 Å². The van der Waals surface area contributed by atoms with Gasteiger partial charge in [0.2, 0.25) is 16.0 Å². The number of sulfonamides is 1. The lowest BCUT2D eigenvalue weighted by Crippen LogP contribution is -2.49. The third kappa shape index (κ3) is 4.07. The number of hydrogen-bond acceptors (Lipinski definition) is 6. The van der Waals surface area contributed by atoms with E-state index in [2.05, 4.69) is 21.4 Å². The van der Waals surface area contributed by atoms with Gasteiger partial charge in [0.15, 0.2) is 0 Å². The van der Waals surface area contributed by atoms with Crippen LogP contribution in [0.25, 0.3) is 0 Å². The molecule has 2 aromatic rings. The van der Waals surface area contributed by atoms with Crippen LogP contribution in [0.15, 0.2) is 41.6 Å². The molecule has 1 amide bonds. The van der Waals surface area contributed by atoms with Gasteiger partial charge in [-0.05, 0) is 31.2 Å². The largest absolute Gasteiger partial charge is 0.379 e. The highest BCUT2D eigenvalue weighted by molar-refractivity contribution is 7.89. The number of anilines is 1. The van der Waals surface area contributed by atoms with Crippen LogP contribution in [0.4, 0.5) is 5.95 Å². The van der Waals surface area contributed by atoms with E-state index in [4.69, 9.17) is 4.74 Å². The van der Waals surface area contributed by atoms with Gasteiger partial charge in [0.25, 0.3) is 5.91 Å². The van der Waals surface area contributed by atoms with Crippen molar-refractivity contribution in [3.8, 4) is 0 Å². The number of carbonyl (C=O) groups excluding carboxylic acids is 1. The van der Waals surface area contributed by atoms with Gasteiger partial charge in [0.1, 0.15) is 0 Å². The lowest BCUT2D eigenvalue weighted by molar-refractivity contribution is 0.0730. The molecule has 0 spiro atoms. The second-order valence-corrected chi connectivity index (χ2v) is 9.27. The normalized spacial score (nSPS) is 18.6. The summed E-state index contributed by atoms with van der Waals surface area (Å²) in [7, 11) is -3.56. The van der Waals surface area contributed by atoms with Crippen molar-refractivity contribution in [2.75, 3.05) is 57.4 Å². The number of nitrogens with zero attached hydrogens (tertiary/aromatic N) is 5. The van der Waals surface area contributed by atoms with E-state index in [1.807, 2.05) is 6.20 Å². The highest BCUT2D eigenvalue weighted by atomic mass is 32.2. The van der Waals surface area contributed by atoms with E-state index in [-0.39, 0.29) is 10.8 Å². The molecule has 10 heteroatoms. The number of carbonyl (C=O) groups is 1. The molecule has 0 saturated carbocycles. The molecule has 2 fully saturated rings. The van der Waals surface area contributed by atoms with E-state index in [0.29, 0.717) is 58.0 Å². The van der Waals surface area contributed by atoms with E-state index in [1.165, 1.54) is 16.4 Å². The van der Waals surface area contributed by atoms with E-state index >= 15 is 0 Å². The number of benzene rings is 1. The Balaban J connectivity index is 1.40. The summed E-state index contributed by atoms with van der Waals surface area (Å²) in [6, 6.07) is 6.25. The minimum Gasteiger partial charge on any atom is -0.379 e. The van der Waals surface area contributed by atoms with Crippen LogP contribution in [0, 0.1) is 0 Å². The molecular formula is C20H27N5O4S. The number of rotatable bonds is 5. The topological polar surface area (TPSA) is 88.0 Å². The minimum absolute atomic E-state index is 0.0798. The van der Waals surface area contributed by atoms with Gasteiger partial charge in [-0.1, -0.05) is 0 Å². The molecule has 1 aromatic heterocycles. The van der Waals surface area contributed by atoms with Gasteiger partial charge in [-0.15, -0.1) is 0 Å². The highest BCUT2D eigenvalue weighted by Gasteiger charge is 2.27. The maximum Gasteiger partial charge on any atom is 0.253 e. The first kappa shape index (κ1) is 20.8. The van der Waals surface area contributed by atoms with Crippen molar-refractivity contribution in [2.24, 2.45) is 0 Å². The monoisotopic (exact) mass is 433 g/mol. The zero-order valence-corrected chi connectivity index (χ0v) is 17.9. The van der Waals surface area contributed by atoms with Crippen LogP contribution in [0.1, 0.15) is 17.3 Å². The summed E-state index contributed by atoms with van der Waals surface area (Å²) in [4.78, 5) is 21.5. The van der Waals surface area contributed by atoms with E-state index < -0.39 is 10.0 Å². The zero-order chi connectivity index (χ0) is 21.1. The first-order valence-corrected chi connectivity index (χ1v) is 11.7. The average Bonchev–Trinajstić information content (AvgIpc) is 3.28. The van der Waals surface area contributed by atoms with Gasteiger partial charge in [-0.3, -0.25) is 4.79 Å². The molecule has 0 bridgehead atoms. The van der Waals surface area contributed by atoms with Gasteiger partial charge in [-0.25, -0.2) is 13.4 Å². The van der Waals surface area contributed by atoms with Crippen molar-refractivity contribution >= 4 is 21.9 Å². The molecule has 1 aromatic carbocycles. The molecule has 0 unspecified atom stereocenters. The molecule has 0 N–H and O–H groups in total. The Morgan fingerprint density at radius 1 is 1.03 bits per heavy atom. The van der Waals surface area contributed by atoms with Gasteiger partial charge in [-0.2, -0.15) is 4.31 Å². The molecule has 4 rings (SSSR count). The fraction of sp³-hybridized carbons (Fsp3) is 0.500. The second kappa shape index (κ2) is 8.75. The van der Waals surface area contributed by atoms with Crippen LogP contribution < -0.4 is 4.90 Å². The van der Waals surface area contributed by atoms with Gasteiger partial charge in [0, 0.05) is 63.8 Å². The number of aromatic nitrogens is 2. The molecule has 0 aliphatic carbocycles. The number of piperazine rings is 1. The standard InChI is InChI=1S/C20H27N5O4S/c1-2-22-8-7-21-20(22)24-11-9-23(10-12-24)19(26)17-3-5-18(6-4-17)30(27,28)25-13-15-29-16-14-25/h3-8H,2,9-16H2,1H3. The Kier molecular flexibility index (Phi) is 6.07. The predicted molar refractivity (Wildman–Crippen MR) is 112 cm³/mol. The van der Waals surface area contributed by atoms with Gasteiger partial charge in [0.05, 0.1) is 18.1 Å². The summed E-state index contributed by atoms with van der Waals surface area (Å²) < 4.78 is 34.2. The average molecular weight is 434 g/mol. The Morgan fingerprint density at radius 2 is 1.70 bits per heavy atom. The van der Waals surface area contributed by atoms with Crippen LogP contribution in [0.5, 0.6) is 0 Å². The Hall–Kier alpha value is -2.43. The third-order valence-electron chi connectivity index (χ3n) is 5.59. The van der Waals surface area contributed by atoms with Crippen molar-refractivity contribution in [1.29, 1.82) is 0 Å². The Labute approximate surface area is 176 Å². The Morgan fingerprint density at radius 3 is 2.33 bits per heavy atom. The summed E-state index contributed by atoms with van der Waals surface area (Å²) in [6.45, 7) is 7.07. The quantitative estimate of drug-likeness (QED) is 0.696. The van der Waals surface area contributed by atoms with Crippen molar-refractivity contribution in [3.63, 3.8) is 0 Å². The number of imidazole rings is 1. The van der Waals surface area contributed by atoms with Gasteiger partial charge < -0.3 is 19.1 Å².